The van der Waals surface area contributed by atoms with E-state index < -0.39 is 0 Å². The van der Waals surface area contributed by atoms with Crippen LogP contribution in [-0.2, 0) is 0 Å². The highest BCUT2D eigenvalue weighted by Gasteiger charge is 2.22. The molecule has 0 aliphatic carbocycles. The summed E-state index contributed by atoms with van der Waals surface area (Å²) in [6.45, 7) is 8.07. The zero-order valence-electron chi connectivity index (χ0n) is 11.7. The summed E-state index contributed by atoms with van der Waals surface area (Å²) >= 11 is 0. The first kappa shape index (κ1) is 13.6. The van der Waals surface area contributed by atoms with Crippen LogP contribution in [0.1, 0.15) is 51.1 Å². The molecule has 1 N–H and O–H groups in total. The predicted molar refractivity (Wildman–Crippen MR) is 74.6 cm³/mol. The third-order valence-electron chi connectivity index (χ3n) is 3.99. The molecule has 2 unspecified atom stereocenters. The third kappa shape index (κ3) is 3.59. The number of hydrogen-bond donors (Lipinski definition) is 1. The maximum absolute atomic E-state index is 5.22. The summed E-state index contributed by atoms with van der Waals surface area (Å²) < 4.78 is 5.22. The van der Waals surface area contributed by atoms with Crippen LogP contribution in [0.25, 0.3) is 0 Å². The summed E-state index contributed by atoms with van der Waals surface area (Å²) in [4.78, 5) is 2.59. The van der Waals surface area contributed by atoms with Crippen molar-refractivity contribution in [2.45, 2.75) is 51.6 Å². The van der Waals surface area contributed by atoms with Crippen molar-refractivity contribution in [3.63, 3.8) is 0 Å². The lowest BCUT2D eigenvalue weighted by Gasteiger charge is -2.31. The van der Waals surface area contributed by atoms with E-state index in [-0.39, 0.29) is 0 Å². The van der Waals surface area contributed by atoms with Crippen molar-refractivity contribution >= 4 is 0 Å². The van der Waals surface area contributed by atoms with Gasteiger partial charge in [0.1, 0.15) is 0 Å². The molecule has 0 bridgehead atoms. The Labute approximate surface area is 111 Å². The van der Waals surface area contributed by atoms with Crippen molar-refractivity contribution < 1.29 is 4.42 Å². The number of unbranched alkanes of at least 4 members (excludes halogenated alkanes) is 1. The SMILES string of the molecule is CCCCN(CC1CCCN1)C(C)c1ccoc1. The van der Waals surface area contributed by atoms with Gasteiger partial charge in [-0.15, -0.1) is 0 Å². The molecule has 2 atom stereocenters. The van der Waals surface area contributed by atoms with Crippen molar-refractivity contribution in [2.24, 2.45) is 0 Å². The molecule has 1 fully saturated rings. The molecule has 1 aliphatic rings. The molecule has 3 nitrogen and oxygen atoms in total. The summed E-state index contributed by atoms with van der Waals surface area (Å²) in [5, 5.41) is 3.60. The van der Waals surface area contributed by atoms with Crippen molar-refractivity contribution in [3.05, 3.63) is 24.2 Å². The van der Waals surface area contributed by atoms with E-state index in [0.717, 1.165) is 6.54 Å². The Morgan fingerprint density at radius 2 is 2.44 bits per heavy atom. The van der Waals surface area contributed by atoms with Gasteiger partial charge in [-0.2, -0.15) is 0 Å². The predicted octanol–water partition coefficient (Wildman–Crippen LogP) is 3.19. The minimum atomic E-state index is 0.456. The highest BCUT2D eigenvalue weighted by molar-refractivity contribution is 5.10. The average molecular weight is 250 g/mol. The molecular formula is C15H26N2O. The minimum Gasteiger partial charge on any atom is -0.472 e. The number of hydrogen-bond acceptors (Lipinski definition) is 3. The summed E-state index contributed by atoms with van der Waals surface area (Å²) in [7, 11) is 0. The van der Waals surface area contributed by atoms with Gasteiger partial charge in [-0.05, 0) is 45.3 Å². The fourth-order valence-corrected chi connectivity index (χ4v) is 2.72. The zero-order valence-corrected chi connectivity index (χ0v) is 11.7. The summed E-state index contributed by atoms with van der Waals surface area (Å²) in [5.74, 6) is 0. The first-order chi connectivity index (χ1) is 8.81. The first-order valence-electron chi connectivity index (χ1n) is 7.30. The Bertz CT molecular complexity index is 317. The van der Waals surface area contributed by atoms with E-state index in [1.807, 2.05) is 6.26 Å². The second-order valence-electron chi connectivity index (χ2n) is 5.37. The molecule has 0 spiro atoms. The lowest BCUT2D eigenvalue weighted by molar-refractivity contribution is 0.189. The summed E-state index contributed by atoms with van der Waals surface area (Å²) in [5.41, 5.74) is 1.30. The maximum atomic E-state index is 5.22. The van der Waals surface area contributed by atoms with Crippen LogP contribution in [0, 0.1) is 0 Å². The van der Waals surface area contributed by atoms with Gasteiger partial charge in [-0.3, -0.25) is 4.90 Å². The molecule has 0 aromatic carbocycles. The van der Waals surface area contributed by atoms with Crippen LogP contribution in [0.5, 0.6) is 0 Å². The van der Waals surface area contributed by atoms with Gasteiger partial charge in [0, 0.05) is 24.2 Å². The van der Waals surface area contributed by atoms with Gasteiger partial charge in [0.2, 0.25) is 0 Å². The Morgan fingerprint density at radius 1 is 1.56 bits per heavy atom. The van der Waals surface area contributed by atoms with Crippen LogP contribution in [0.2, 0.25) is 0 Å². The van der Waals surface area contributed by atoms with Crippen LogP contribution in [0.15, 0.2) is 23.0 Å². The Balaban J connectivity index is 1.94. The highest BCUT2D eigenvalue weighted by Crippen LogP contribution is 2.22. The smallest absolute Gasteiger partial charge is 0.0950 e. The molecule has 3 heteroatoms. The van der Waals surface area contributed by atoms with Crippen molar-refractivity contribution in [2.75, 3.05) is 19.6 Å². The monoisotopic (exact) mass is 250 g/mol. The second-order valence-corrected chi connectivity index (χ2v) is 5.37. The summed E-state index contributed by atoms with van der Waals surface area (Å²) in [6, 6.07) is 3.22. The van der Waals surface area contributed by atoms with E-state index in [1.165, 1.54) is 44.3 Å². The van der Waals surface area contributed by atoms with Gasteiger partial charge in [0.05, 0.1) is 12.5 Å². The molecular weight excluding hydrogens is 224 g/mol. The Kier molecular flexibility index (Phi) is 5.26. The van der Waals surface area contributed by atoms with Crippen molar-refractivity contribution in [1.82, 2.24) is 10.2 Å². The van der Waals surface area contributed by atoms with Crippen molar-refractivity contribution in [3.8, 4) is 0 Å². The lowest BCUT2D eigenvalue weighted by atomic mass is 10.1. The minimum absolute atomic E-state index is 0.456. The standard InChI is InChI=1S/C15H26N2O/c1-3-4-9-17(11-15-6-5-8-16-15)13(2)14-7-10-18-12-14/h7,10,12-13,15-16H,3-6,8-9,11H2,1-2H3. The Morgan fingerprint density at radius 3 is 3.06 bits per heavy atom. The van der Waals surface area contributed by atoms with Crippen LogP contribution < -0.4 is 5.32 Å². The first-order valence-corrected chi connectivity index (χ1v) is 7.30. The van der Waals surface area contributed by atoms with E-state index in [1.54, 1.807) is 6.26 Å². The Hall–Kier alpha value is -0.800. The fraction of sp³-hybridized carbons (Fsp3) is 0.733. The van der Waals surface area contributed by atoms with Gasteiger partial charge in [0.25, 0.3) is 0 Å². The molecule has 1 aromatic rings. The van der Waals surface area contributed by atoms with E-state index in [2.05, 4.69) is 30.1 Å². The fourth-order valence-electron chi connectivity index (χ4n) is 2.72. The molecule has 0 saturated carbocycles. The van der Waals surface area contributed by atoms with Crippen LogP contribution in [-0.4, -0.2) is 30.6 Å². The second kappa shape index (κ2) is 6.95. The van der Waals surface area contributed by atoms with Crippen LogP contribution >= 0.6 is 0 Å². The quantitative estimate of drug-likeness (QED) is 0.805. The van der Waals surface area contributed by atoms with Gasteiger partial charge in [0.15, 0.2) is 0 Å². The van der Waals surface area contributed by atoms with Gasteiger partial charge in [-0.25, -0.2) is 0 Å². The average Bonchev–Trinajstić information content (AvgIpc) is 3.06. The topological polar surface area (TPSA) is 28.4 Å². The molecule has 1 saturated heterocycles. The van der Waals surface area contributed by atoms with Crippen LogP contribution in [0.4, 0.5) is 0 Å². The number of nitrogens with zero attached hydrogens (tertiary/aromatic N) is 1. The summed E-state index contributed by atoms with van der Waals surface area (Å²) in [6.07, 6.45) is 8.83. The normalized spacial score (nSPS) is 21.6. The van der Waals surface area contributed by atoms with E-state index in [0.29, 0.717) is 12.1 Å². The van der Waals surface area contributed by atoms with Gasteiger partial charge >= 0.3 is 0 Å². The molecule has 2 rings (SSSR count). The van der Waals surface area contributed by atoms with Gasteiger partial charge in [-0.1, -0.05) is 13.3 Å². The largest absolute Gasteiger partial charge is 0.472 e. The number of nitrogens with one attached hydrogen (secondary N) is 1. The van der Waals surface area contributed by atoms with Gasteiger partial charge < -0.3 is 9.73 Å². The molecule has 2 heterocycles. The van der Waals surface area contributed by atoms with E-state index in [9.17, 15) is 0 Å². The molecule has 1 aromatic heterocycles. The van der Waals surface area contributed by atoms with E-state index >= 15 is 0 Å². The zero-order chi connectivity index (χ0) is 12.8. The lowest BCUT2D eigenvalue weighted by Crippen LogP contribution is -2.39. The molecule has 0 radical (unpaired) electrons. The van der Waals surface area contributed by atoms with Crippen molar-refractivity contribution in [1.29, 1.82) is 0 Å². The third-order valence-corrected chi connectivity index (χ3v) is 3.99. The van der Waals surface area contributed by atoms with E-state index in [4.69, 9.17) is 4.42 Å². The molecule has 18 heavy (non-hydrogen) atoms. The highest BCUT2D eigenvalue weighted by atomic mass is 16.3. The maximum Gasteiger partial charge on any atom is 0.0950 e. The number of rotatable bonds is 7. The molecule has 1 aliphatic heterocycles. The molecule has 102 valence electrons. The van der Waals surface area contributed by atoms with Crippen LogP contribution in [0.3, 0.4) is 0 Å². The number of furan rings is 1. The molecule has 0 amide bonds.